The van der Waals surface area contributed by atoms with Crippen LogP contribution in [0.4, 0.5) is 4.79 Å². The number of hydrogen-bond acceptors (Lipinski definition) is 6. The van der Waals surface area contributed by atoms with Gasteiger partial charge in [-0.2, -0.15) is 5.10 Å². The fraction of sp³-hybridized carbons (Fsp3) is 0.400. The molecule has 0 aromatic heterocycles. The van der Waals surface area contributed by atoms with Crippen LogP contribution in [0.1, 0.15) is 44.2 Å². The van der Waals surface area contributed by atoms with Crippen LogP contribution in [-0.2, 0) is 16.0 Å². The first-order chi connectivity index (χ1) is 16.1. The zero-order valence-corrected chi connectivity index (χ0v) is 19.5. The second-order valence-electron chi connectivity index (χ2n) is 7.28. The lowest BCUT2D eigenvalue weighted by atomic mass is 10.1. The fourth-order valence-corrected chi connectivity index (χ4v) is 3.09. The van der Waals surface area contributed by atoms with Crippen molar-refractivity contribution in [3.8, 4) is 11.5 Å². The molecule has 2 amide bonds. The van der Waals surface area contributed by atoms with E-state index in [0.717, 1.165) is 24.8 Å². The summed E-state index contributed by atoms with van der Waals surface area (Å²) in [4.78, 5) is 24.7. The normalized spacial score (nSPS) is 11.6. The zero-order chi connectivity index (χ0) is 23.9. The Kier molecular flexibility index (Phi) is 11.3. The van der Waals surface area contributed by atoms with Gasteiger partial charge in [0.05, 0.1) is 26.5 Å². The molecule has 8 nitrogen and oxygen atoms in total. The van der Waals surface area contributed by atoms with Crippen molar-refractivity contribution in [3.63, 3.8) is 0 Å². The van der Waals surface area contributed by atoms with Crippen LogP contribution in [-0.4, -0.2) is 44.6 Å². The minimum atomic E-state index is -0.848. The lowest BCUT2D eigenvalue weighted by molar-refractivity contribution is -0.123. The fourth-order valence-electron chi connectivity index (χ4n) is 3.09. The molecule has 0 bridgehead atoms. The number of rotatable bonds is 13. The van der Waals surface area contributed by atoms with Crippen molar-refractivity contribution in [2.75, 3.05) is 20.3 Å². The molecule has 178 valence electrons. The van der Waals surface area contributed by atoms with E-state index in [0.29, 0.717) is 30.1 Å². The molecule has 0 saturated carbocycles. The minimum absolute atomic E-state index is 0.209. The summed E-state index contributed by atoms with van der Waals surface area (Å²) in [5.41, 5.74) is 4.07. The molecule has 0 radical (unpaired) electrons. The molecule has 0 aliphatic heterocycles. The Bertz CT molecular complexity index is 902. The number of unbranched alkanes of at least 4 members (excludes halogenated alkanes) is 2. The summed E-state index contributed by atoms with van der Waals surface area (Å²) in [6.45, 7) is 4.60. The van der Waals surface area contributed by atoms with Crippen molar-refractivity contribution < 1.29 is 23.8 Å². The largest absolute Gasteiger partial charge is 0.493 e. The third-order valence-corrected chi connectivity index (χ3v) is 4.77. The summed E-state index contributed by atoms with van der Waals surface area (Å²) in [5, 5.41) is 6.68. The van der Waals surface area contributed by atoms with Gasteiger partial charge in [-0.05, 0) is 31.0 Å². The van der Waals surface area contributed by atoms with Crippen molar-refractivity contribution in [2.45, 2.75) is 45.6 Å². The lowest BCUT2D eigenvalue weighted by Crippen LogP contribution is -2.47. The van der Waals surface area contributed by atoms with Gasteiger partial charge in [0.2, 0.25) is 0 Å². The van der Waals surface area contributed by atoms with Gasteiger partial charge in [0.25, 0.3) is 5.91 Å². The zero-order valence-electron chi connectivity index (χ0n) is 19.5. The van der Waals surface area contributed by atoms with Crippen LogP contribution in [0.5, 0.6) is 11.5 Å². The average molecular weight is 456 g/mol. The highest BCUT2D eigenvalue weighted by atomic mass is 16.5. The molecule has 2 rings (SSSR count). The van der Waals surface area contributed by atoms with Crippen molar-refractivity contribution >= 4 is 18.2 Å². The number of nitrogens with zero attached hydrogens (tertiary/aromatic N) is 1. The van der Waals surface area contributed by atoms with Gasteiger partial charge in [-0.1, -0.05) is 56.2 Å². The van der Waals surface area contributed by atoms with Crippen molar-refractivity contribution in [1.29, 1.82) is 0 Å². The molecule has 0 heterocycles. The SMILES string of the molecule is CCCCCOc1c(/C=N\NC(=O)[C@H](Cc2ccccc2)NC(=O)OCC)cccc1OC. The Hall–Kier alpha value is -3.55. The van der Waals surface area contributed by atoms with Crippen LogP contribution >= 0.6 is 0 Å². The first-order valence-corrected chi connectivity index (χ1v) is 11.2. The number of hydrazone groups is 1. The monoisotopic (exact) mass is 455 g/mol. The van der Waals surface area contributed by atoms with Crippen LogP contribution in [0.15, 0.2) is 53.6 Å². The first-order valence-electron chi connectivity index (χ1n) is 11.2. The summed E-state index contributed by atoms with van der Waals surface area (Å²) in [7, 11) is 1.58. The van der Waals surface area contributed by atoms with Gasteiger partial charge < -0.3 is 19.5 Å². The van der Waals surface area contributed by atoms with E-state index in [-0.39, 0.29) is 6.61 Å². The van der Waals surface area contributed by atoms with E-state index in [2.05, 4.69) is 22.8 Å². The molecule has 2 N–H and O–H groups in total. The summed E-state index contributed by atoms with van der Waals surface area (Å²) in [5.74, 6) is 0.698. The molecule has 33 heavy (non-hydrogen) atoms. The van der Waals surface area contributed by atoms with E-state index in [4.69, 9.17) is 14.2 Å². The topological polar surface area (TPSA) is 98.2 Å². The molecule has 2 aromatic carbocycles. The molecule has 8 heteroatoms. The quantitative estimate of drug-likeness (QED) is 0.270. The van der Waals surface area contributed by atoms with Gasteiger partial charge >= 0.3 is 6.09 Å². The molecule has 2 aromatic rings. The number of hydrogen-bond donors (Lipinski definition) is 2. The molecular weight excluding hydrogens is 422 g/mol. The van der Waals surface area contributed by atoms with Crippen molar-refractivity contribution in [3.05, 3.63) is 59.7 Å². The van der Waals surface area contributed by atoms with Crippen LogP contribution in [0.25, 0.3) is 0 Å². The highest BCUT2D eigenvalue weighted by Gasteiger charge is 2.21. The highest BCUT2D eigenvalue weighted by Crippen LogP contribution is 2.30. The Balaban J connectivity index is 2.10. The average Bonchev–Trinajstić information content (AvgIpc) is 2.82. The Morgan fingerprint density at radius 3 is 2.55 bits per heavy atom. The molecular formula is C25H33N3O5. The number of methoxy groups -OCH3 is 1. The molecule has 1 atom stereocenters. The van der Waals surface area contributed by atoms with E-state index in [9.17, 15) is 9.59 Å². The molecule has 0 spiro atoms. The van der Waals surface area contributed by atoms with E-state index < -0.39 is 18.0 Å². The van der Waals surface area contributed by atoms with Crippen LogP contribution in [0, 0.1) is 0 Å². The molecule has 0 aliphatic rings. The first kappa shape index (κ1) is 25.7. The van der Waals surface area contributed by atoms with Crippen LogP contribution in [0.3, 0.4) is 0 Å². The van der Waals surface area contributed by atoms with Crippen molar-refractivity contribution in [1.82, 2.24) is 10.7 Å². The standard InChI is InChI=1S/C25H33N3O5/c1-4-6-10-16-33-23-20(14-11-15-22(23)31-3)18-26-28-24(29)21(27-25(30)32-5-2)17-19-12-8-7-9-13-19/h7-9,11-15,18,21H,4-6,10,16-17H2,1-3H3,(H,27,30)(H,28,29)/b26-18-/t21-/m0/s1. The second-order valence-corrected chi connectivity index (χ2v) is 7.28. The number of benzene rings is 2. The van der Waals surface area contributed by atoms with Gasteiger partial charge in [0, 0.05) is 12.0 Å². The Labute approximate surface area is 195 Å². The second kappa shape index (κ2) is 14.5. The summed E-state index contributed by atoms with van der Waals surface area (Å²) >= 11 is 0. The predicted octanol–water partition coefficient (Wildman–Crippen LogP) is 4.07. The maximum absolute atomic E-state index is 12.8. The maximum atomic E-state index is 12.8. The van der Waals surface area contributed by atoms with E-state index in [1.165, 1.54) is 6.21 Å². The number of alkyl carbamates (subject to hydrolysis) is 1. The lowest BCUT2D eigenvalue weighted by Gasteiger charge is -2.17. The predicted molar refractivity (Wildman–Crippen MR) is 128 cm³/mol. The third kappa shape index (κ3) is 8.84. The van der Waals surface area contributed by atoms with Crippen LogP contribution in [0.2, 0.25) is 0 Å². The van der Waals surface area contributed by atoms with E-state index in [1.807, 2.05) is 48.5 Å². The van der Waals surface area contributed by atoms with Gasteiger partial charge in [-0.25, -0.2) is 10.2 Å². The number of ether oxygens (including phenoxy) is 3. The van der Waals surface area contributed by atoms with E-state index in [1.54, 1.807) is 14.0 Å². The number of carbonyl (C=O) groups is 2. The molecule has 0 saturated heterocycles. The third-order valence-electron chi connectivity index (χ3n) is 4.77. The highest BCUT2D eigenvalue weighted by molar-refractivity contribution is 5.89. The molecule has 0 aliphatic carbocycles. The molecule has 0 fully saturated rings. The van der Waals surface area contributed by atoms with Gasteiger partial charge in [0.1, 0.15) is 6.04 Å². The molecule has 0 unspecified atom stereocenters. The summed E-state index contributed by atoms with van der Waals surface area (Å²) < 4.78 is 16.3. The Morgan fingerprint density at radius 2 is 1.85 bits per heavy atom. The number of para-hydroxylation sites is 1. The van der Waals surface area contributed by atoms with Gasteiger partial charge in [0.15, 0.2) is 11.5 Å². The van der Waals surface area contributed by atoms with E-state index >= 15 is 0 Å². The summed E-state index contributed by atoms with van der Waals surface area (Å²) in [6.07, 6.45) is 4.24. The Morgan fingerprint density at radius 1 is 1.06 bits per heavy atom. The maximum Gasteiger partial charge on any atom is 0.407 e. The van der Waals surface area contributed by atoms with Gasteiger partial charge in [-0.15, -0.1) is 0 Å². The van der Waals surface area contributed by atoms with Crippen molar-refractivity contribution in [2.24, 2.45) is 5.10 Å². The number of nitrogens with one attached hydrogen (secondary N) is 2. The summed E-state index contributed by atoms with van der Waals surface area (Å²) in [6, 6.07) is 14.0. The number of amides is 2. The number of carbonyl (C=O) groups excluding carboxylic acids is 2. The van der Waals surface area contributed by atoms with Crippen LogP contribution < -0.4 is 20.2 Å². The smallest absolute Gasteiger partial charge is 0.407 e. The van der Waals surface area contributed by atoms with Gasteiger partial charge in [-0.3, -0.25) is 4.79 Å². The minimum Gasteiger partial charge on any atom is -0.493 e.